The predicted octanol–water partition coefficient (Wildman–Crippen LogP) is 2.88. The zero-order valence-corrected chi connectivity index (χ0v) is 18.8. The molecule has 0 radical (unpaired) electrons. The third-order valence-electron chi connectivity index (χ3n) is 5.59. The number of carbonyl (C=O) groups excluding carboxylic acids is 2. The van der Waals surface area contributed by atoms with E-state index in [0.29, 0.717) is 37.1 Å². The molecule has 1 aromatic heterocycles. The monoisotopic (exact) mass is 444 g/mol. The van der Waals surface area contributed by atoms with Crippen LogP contribution in [0.25, 0.3) is 11.3 Å². The van der Waals surface area contributed by atoms with Crippen molar-refractivity contribution in [2.75, 3.05) is 25.1 Å². The van der Waals surface area contributed by atoms with Crippen molar-refractivity contribution in [3.63, 3.8) is 0 Å². The van der Waals surface area contributed by atoms with Crippen molar-refractivity contribution >= 4 is 28.3 Å². The van der Waals surface area contributed by atoms with Gasteiger partial charge in [-0.25, -0.2) is 4.98 Å². The van der Waals surface area contributed by atoms with Gasteiger partial charge < -0.3 is 25.4 Å². The fourth-order valence-electron chi connectivity index (χ4n) is 3.94. The maximum absolute atomic E-state index is 13.4. The summed E-state index contributed by atoms with van der Waals surface area (Å²) in [6, 6.07) is 4.67. The number of nitrogens with zero attached hydrogens (tertiary/aromatic N) is 2. The Bertz CT molecular complexity index is 984. The average Bonchev–Trinajstić information content (AvgIpc) is 3.40. The van der Waals surface area contributed by atoms with E-state index >= 15 is 0 Å². The van der Waals surface area contributed by atoms with Crippen LogP contribution in [0.2, 0.25) is 0 Å². The first kappa shape index (κ1) is 21.4. The van der Waals surface area contributed by atoms with E-state index in [2.05, 4.69) is 5.32 Å². The first-order chi connectivity index (χ1) is 14.7. The lowest BCUT2D eigenvalue weighted by Gasteiger charge is -2.35. The molecular weight excluding hydrogens is 416 g/mol. The van der Waals surface area contributed by atoms with Crippen molar-refractivity contribution in [2.45, 2.75) is 45.7 Å². The fraction of sp³-hybridized carbons (Fsp3) is 0.500. The number of hydrogen-bond acceptors (Lipinski definition) is 7. The molecule has 2 aromatic rings. The largest absolute Gasteiger partial charge is 0.486 e. The number of rotatable bonds is 5. The number of amides is 2. The van der Waals surface area contributed by atoms with Gasteiger partial charge in [0.2, 0.25) is 11.8 Å². The number of carbonyl (C=O) groups is 2. The van der Waals surface area contributed by atoms with E-state index in [9.17, 15) is 9.59 Å². The highest BCUT2D eigenvalue weighted by atomic mass is 32.1. The summed E-state index contributed by atoms with van der Waals surface area (Å²) in [6.07, 6.45) is 1.39. The van der Waals surface area contributed by atoms with Gasteiger partial charge in [0.05, 0.1) is 5.69 Å². The van der Waals surface area contributed by atoms with Crippen LogP contribution in [-0.4, -0.2) is 53.5 Å². The molecule has 2 amide bonds. The molecule has 4 rings (SSSR count). The fourth-order valence-corrected chi connectivity index (χ4v) is 4.69. The van der Waals surface area contributed by atoms with Crippen LogP contribution < -0.4 is 20.5 Å². The van der Waals surface area contributed by atoms with Crippen LogP contribution in [0.4, 0.5) is 5.13 Å². The third kappa shape index (κ3) is 4.46. The summed E-state index contributed by atoms with van der Waals surface area (Å²) in [5, 5.41) is 5.91. The molecule has 1 aromatic carbocycles. The highest BCUT2D eigenvalue weighted by Gasteiger charge is 2.40. The van der Waals surface area contributed by atoms with E-state index in [1.807, 2.05) is 44.4 Å². The topological polar surface area (TPSA) is 107 Å². The molecule has 3 heterocycles. The number of hydrogen-bond donors (Lipinski definition) is 2. The number of fused-ring (bicyclic) bond motifs is 1. The lowest BCUT2D eigenvalue weighted by molar-refractivity contribution is -0.139. The first-order valence-electron chi connectivity index (χ1n) is 10.5. The number of nitrogens with one attached hydrogen (secondary N) is 1. The highest BCUT2D eigenvalue weighted by molar-refractivity contribution is 7.14. The lowest BCUT2D eigenvalue weighted by Crippen LogP contribution is -2.53. The molecule has 2 aliphatic heterocycles. The van der Waals surface area contributed by atoms with E-state index < -0.39 is 18.0 Å². The maximum atomic E-state index is 13.4. The number of anilines is 1. The van der Waals surface area contributed by atoms with E-state index in [-0.39, 0.29) is 11.3 Å². The maximum Gasteiger partial charge on any atom is 0.246 e. The molecule has 31 heavy (non-hydrogen) atoms. The molecule has 0 bridgehead atoms. The third-order valence-corrected chi connectivity index (χ3v) is 6.36. The van der Waals surface area contributed by atoms with Crippen molar-refractivity contribution in [1.82, 2.24) is 9.88 Å². The van der Waals surface area contributed by atoms with Crippen molar-refractivity contribution in [1.29, 1.82) is 0 Å². The van der Waals surface area contributed by atoms with Crippen LogP contribution in [0.5, 0.6) is 11.5 Å². The number of thiazole rings is 1. The van der Waals surface area contributed by atoms with Gasteiger partial charge in [0.25, 0.3) is 0 Å². The Hall–Kier alpha value is -2.81. The molecule has 3 N–H and O–H groups in total. The summed E-state index contributed by atoms with van der Waals surface area (Å²) in [5.41, 5.74) is 6.85. The second kappa shape index (κ2) is 8.37. The lowest BCUT2D eigenvalue weighted by atomic mass is 9.85. The summed E-state index contributed by atoms with van der Waals surface area (Å²) in [6.45, 7) is 7.60. The molecule has 1 fully saturated rings. The van der Waals surface area contributed by atoms with Crippen LogP contribution in [0, 0.1) is 5.41 Å². The van der Waals surface area contributed by atoms with E-state index in [1.54, 1.807) is 4.90 Å². The molecule has 0 unspecified atom stereocenters. The smallest absolute Gasteiger partial charge is 0.246 e. The highest BCUT2D eigenvalue weighted by Crippen LogP contribution is 2.36. The van der Waals surface area contributed by atoms with Gasteiger partial charge in [0, 0.05) is 17.5 Å². The van der Waals surface area contributed by atoms with Crippen molar-refractivity contribution in [3.8, 4) is 22.8 Å². The number of benzene rings is 1. The Morgan fingerprint density at radius 1 is 1.26 bits per heavy atom. The molecule has 0 saturated carbocycles. The Kier molecular flexibility index (Phi) is 5.79. The quantitative estimate of drug-likeness (QED) is 0.734. The molecule has 0 spiro atoms. The standard InChI is InChI=1S/C22H28N4O4S/c1-22(2,3)18(20(28)26-8-4-5-15(26)19(23)27)25-21-24-14(12-31-21)13-6-7-16-17(11-13)30-10-9-29-16/h6-7,11-12,15,18H,4-5,8-10H2,1-3H3,(H2,23,27)(H,24,25)/t15-,18+/m0/s1. The molecule has 1 saturated heterocycles. The average molecular weight is 445 g/mol. The van der Waals surface area contributed by atoms with Gasteiger partial charge in [-0.05, 0) is 36.5 Å². The van der Waals surface area contributed by atoms with Gasteiger partial charge in [-0.3, -0.25) is 9.59 Å². The Morgan fingerprint density at radius 3 is 2.71 bits per heavy atom. The van der Waals surface area contributed by atoms with Gasteiger partial charge in [-0.2, -0.15) is 0 Å². The van der Waals surface area contributed by atoms with E-state index in [0.717, 1.165) is 23.4 Å². The second-order valence-corrected chi connectivity index (χ2v) is 9.79. The number of ether oxygens (including phenoxy) is 2. The zero-order valence-electron chi connectivity index (χ0n) is 18.0. The van der Waals surface area contributed by atoms with E-state index in [1.165, 1.54) is 11.3 Å². The zero-order chi connectivity index (χ0) is 22.2. The van der Waals surface area contributed by atoms with Crippen molar-refractivity contribution in [2.24, 2.45) is 11.1 Å². The molecule has 166 valence electrons. The number of nitrogens with two attached hydrogens (primary N) is 1. The Morgan fingerprint density at radius 2 is 2.00 bits per heavy atom. The van der Waals surface area contributed by atoms with Gasteiger partial charge in [-0.1, -0.05) is 20.8 Å². The molecule has 2 aliphatic rings. The summed E-state index contributed by atoms with van der Waals surface area (Å²) >= 11 is 1.44. The number of aromatic nitrogens is 1. The van der Waals surface area contributed by atoms with Crippen LogP contribution in [0.3, 0.4) is 0 Å². The van der Waals surface area contributed by atoms with Gasteiger partial charge in [0.1, 0.15) is 25.3 Å². The van der Waals surface area contributed by atoms with Gasteiger partial charge in [0.15, 0.2) is 16.6 Å². The number of primary amides is 1. The number of likely N-dealkylation sites (tertiary alicyclic amines) is 1. The van der Waals surface area contributed by atoms with Crippen molar-refractivity contribution in [3.05, 3.63) is 23.6 Å². The van der Waals surface area contributed by atoms with Gasteiger partial charge in [-0.15, -0.1) is 11.3 Å². The Labute approximate surface area is 185 Å². The summed E-state index contributed by atoms with van der Waals surface area (Å²) in [4.78, 5) is 31.4. The minimum absolute atomic E-state index is 0.120. The molecule has 0 aliphatic carbocycles. The van der Waals surface area contributed by atoms with Crippen molar-refractivity contribution < 1.29 is 19.1 Å². The van der Waals surface area contributed by atoms with Crippen LogP contribution in [-0.2, 0) is 9.59 Å². The molecule has 9 heteroatoms. The summed E-state index contributed by atoms with van der Waals surface area (Å²) < 4.78 is 11.2. The minimum Gasteiger partial charge on any atom is -0.486 e. The predicted molar refractivity (Wildman–Crippen MR) is 119 cm³/mol. The normalized spacial score (nSPS) is 19.2. The van der Waals surface area contributed by atoms with Crippen LogP contribution >= 0.6 is 11.3 Å². The van der Waals surface area contributed by atoms with Crippen LogP contribution in [0.15, 0.2) is 23.6 Å². The van der Waals surface area contributed by atoms with Crippen LogP contribution in [0.1, 0.15) is 33.6 Å². The first-order valence-corrected chi connectivity index (χ1v) is 11.3. The summed E-state index contributed by atoms with van der Waals surface area (Å²) in [7, 11) is 0. The van der Waals surface area contributed by atoms with E-state index in [4.69, 9.17) is 20.2 Å². The summed E-state index contributed by atoms with van der Waals surface area (Å²) in [5.74, 6) is 0.871. The molecule has 2 atom stereocenters. The SMILES string of the molecule is CC(C)(C)[C@H](Nc1nc(-c2ccc3c(c2)OCCO3)cs1)C(=O)N1CCC[C@H]1C(N)=O. The van der Waals surface area contributed by atoms with Gasteiger partial charge >= 0.3 is 0 Å². The Balaban J connectivity index is 1.54. The minimum atomic E-state index is -0.538. The second-order valence-electron chi connectivity index (χ2n) is 8.93. The molecular formula is C22H28N4O4S. The molecule has 8 nitrogen and oxygen atoms in total.